The van der Waals surface area contributed by atoms with Crippen molar-refractivity contribution in [3.63, 3.8) is 0 Å². The number of rotatable bonds is 21. The number of aryl methyl sites for hydroxylation is 2. The maximum absolute atomic E-state index is 13.7. The Labute approximate surface area is 765 Å². The first-order valence-corrected chi connectivity index (χ1v) is 47.1. The fourth-order valence-electron chi connectivity index (χ4n) is 13.6. The minimum Gasteiger partial charge on any atom is -1.00 e. The third-order valence-corrected chi connectivity index (χ3v) is 24.6. The summed E-state index contributed by atoms with van der Waals surface area (Å²) in [7, 11) is 1.76. The van der Waals surface area contributed by atoms with Crippen LogP contribution in [0, 0.1) is 23.8 Å². The van der Waals surface area contributed by atoms with Gasteiger partial charge in [0.05, 0.1) is 82.1 Å². The van der Waals surface area contributed by atoms with E-state index < -0.39 is 22.4 Å². The van der Waals surface area contributed by atoms with Crippen LogP contribution in [-0.2, 0) is 31.7 Å². The summed E-state index contributed by atoms with van der Waals surface area (Å²) in [4.78, 5) is 63.1. The quantitative estimate of drug-likeness (QED) is 0.0142. The summed E-state index contributed by atoms with van der Waals surface area (Å²) in [6, 6.07) is 21.3. The molecular weight excluding hydrogens is 1660 g/mol. The van der Waals surface area contributed by atoms with Crippen molar-refractivity contribution in [2.75, 3.05) is 172 Å². The van der Waals surface area contributed by atoms with Crippen molar-refractivity contribution >= 4 is 129 Å². The van der Waals surface area contributed by atoms with Gasteiger partial charge in [0.2, 0.25) is 11.9 Å². The Morgan fingerprint density at radius 2 is 0.964 bits per heavy atom. The number of hydrogen-bond acceptors (Lipinski definition) is 26. The van der Waals surface area contributed by atoms with E-state index in [-0.39, 0.29) is 111 Å². The molecule has 33 heteroatoms. The van der Waals surface area contributed by atoms with Crippen LogP contribution in [0.1, 0.15) is 63.5 Å². The first kappa shape index (κ1) is 94.0. The Morgan fingerprint density at radius 3 is 1.31 bits per heavy atom. The monoisotopic (exact) mass is 1760 g/mol. The van der Waals surface area contributed by atoms with Crippen molar-refractivity contribution in [2.24, 2.45) is 0 Å². The van der Waals surface area contributed by atoms with Crippen molar-refractivity contribution in [3.05, 3.63) is 129 Å². The number of anilines is 10. The average Bonchev–Trinajstić information content (AvgIpc) is 0.816. The summed E-state index contributed by atoms with van der Waals surface area (Å²) in [5, 5.41) is 30.4. The maximum atomic E-state index is 13.7. The summed E-state index contributed by atoms with van der Waals surface area (Å²) in [6.07, 6.45) is 21.9. The molecule has 588 valence electrons. The van der Waals surface area contributed by atoms with E-state index >= 15 is 0 Å². The molecule has 8 heterocycles. The van der Waals surface area contributed by atoms with Crippen LogP contribution in [0.2, 0.25) is 19.6 Å². The predicted octanol–water partition coefficient (Wildman–Crippen LogP) is 5.81. The maximum Gasteiger partial charge on any atom is 1.00 e. The van der Waals surface area contributed by atoms with Gasteiger partial charge in [-0.05, 0) is 165 Å². The van der Waals surface area contributed by atoms with E-state index in [2.05, 4.69) is 202 Å². The Kier molecular flexibility index (Phi) is 37.3. The number of ether oxygens (including phenoxy) is 2. The van der Waals surface area contributed by atoms with Crippen molar-refractivity contribution < 1.29 is 143 Å². The number of methoxy groups -OCH3 is 2. The van der Waals surface area contributed by atoms with Crippen LogP contribution >= 0.6 is 46.1 Å². The number of halogens is 2. The molecule has 112 heavy (non-hydrogen) atoms. The summed E-state index contributed by atoms with van der Waals surface area (Å²) in [6.45, 7) is 31.2. The van der Waals surface area contributed by atoms with Crippen LogP contribution in [-0.4, -0.2) is 232 Å². The van der Waals surface area contributed by atoms with Crippen molar-refractivity contribution in [2.45, 2.75) is 84.1 Å². The van der Waals surface area contributed by atoms with Crippen LogP contribution in [0.3, 0.4) is 0 Å². The number of piperazine rings is 2. The zero-order valence-corrected chi connectivity index (χ0v) is 79.7. The second-order valence-corrected chi connectivity index (χ2v) is 41.9. The van der Waals surface area contributed by atoms with E-state index in [9.17, 15) is 9.13 Å². The molecular formula is C79H104Br2K2N18O8P2Si. The minimum absolute atomic E-state index is 0. The summed E-state index contributed by atoms with van der Waals surface area (Å²) < 4.78 is 40.4. The molecule has 0 atom stereocenters. The zero-order valence-electron chi connectivity index (χ0n) is 68.5. The van der Waals surface area contributed by atoms with Crippen LogP contribution in [0.5, 0.6) is 11.5 Å². The molecule has 0 bridgehead atoms. The van der Waals surface area contributed by atoms with Gasteiger partial charge >= 0.3 is 103 Å². The molecule has 0 saturated carbocycles. The molecule has 4 aliphatic rings. The van der Waals surface area contributed by atoms with Gasteiger partial charge in [0, 0.05) is 155 Å². The van der Waals surface area contributed by atoms with Gasteiger partial charge in [-0.25, -0.2) is 19.9 Å². The molecule has 0 spiro atoms. The molecule has 26 nitrogen and oxygen atoms in total. The van der Waals surface area contributed by atoms with Crippen molar-refractivity contribution in [1.82, 2.24) is 59.5 Å². The van der Waals surface area contributed by atoms with Gasteiger partial charge in [-0.2, -0.15) is 9.97 Å². The molecule has 8 aromatic rings. The standard InChI is InChI=1S/C40H53BrN9O2PSi.C37H45BrN9O2P.CH2O3.CH4O.2K.H/c1-9-28-22-34(37(52-3)24-36(28)50-15-12-31(13-16-50)49-19-17-48(2)18-20-49)46-40-43-26-32(41)39(47-40)45-33-11-10-29(23-38(33)53(4,5)51)35-27-42-25-30(44-35)14-21-54(6,7)8;1-7-25-19-31(34(49-4)21-33(25)47-13-11-28(12-14-47)46-17-15-45(3)16-18-46)43-37-40-23-29(38)36(44-37)42-30-10-9-26(20-35(30)50(5,6)48)32-24-39-22-27(8-2)41-32;2-1-4-3;1-2;;;/h10-11,22-27,31H,9,12-13,15-20H2,1-8H3,(H2,43,45,46,47);2,9-10,19-24,28H,7,11-18H2,1,3-6H3,(H2,40,42,43,44);1,3H;2H,1H3;;;/q;;;;2*+1;-1/p-1. The number of carbonyl (C=O) groups excluding carboxylic acids is 1. The molecule has 4 saturated heterocycles. The van der Waals surface area contributed by atoms with E-state index in [0.717, 1.165) is 132 Å². The van der Waals surface area contributed by atoms with Gasteiger partial charge in [-0.15, -0.1) is 12.0 Å². The number of carbonyl (C=O) groups is 1. The summed E-state index contributed by atoms with van der Waals surface area (Å²) in [5.74, 6) is 9.03. The van der Waals surface area contributed by atoms with E-state index in [1.54, 1.807) is 71.9 Å². The number of aromatic nitrogens is 8. The van der Waals surface area contributed by atoms with E-state index in [1.165, 1.54) is 54.4 Å². The molecule has 4 aromatic carbocycles. The van der Waals surface area contributed by atoms with Gasteiger partial charge in [0.1, 0.15) is 56.9 Å². The fraction of sp³-hybridized carbons (Fsp3) is 0.430. The Balaban J connectivity index is 0.000000322. The Morgan fingerprint density at radius 1 is 0.580 bits per heavy atom. The molecule has 5 N–H and O–H groups in total. The molecule has 0 aliphatic carbocycles. The van der Waals surface area contributed by atoms with Crippen molar-refractivity contribution in [1.29, 1.82) is 0 Å². The van der Waals surface area contributed by atoms with Crippen LogP contribution in [0.25, 0.3) is 22.5 Å². The molecule has 4 aliphatic heterocycles. The molecule has 0 unspecified atom stereocenters. The topological polar surface area (TPSA) is 293 Å². The predicted molar refractivity (Wildman–Crippen MR) is 454 cm³/mol. The Bertz CT molecular complexity index is 4700. The summed E-state index contributed by atoms with van der Waals surface area (Å²) >= 11 is 7.22. The normalized spacial score (nSPS) is 15.3. The number of aliphatic hydroxyl groups is 1. The fourth-order valence-corrected chi connectivity index (χ4v) is 17.0. The van der Waals surface area contributed by atoms with Crippen molar-refractivity contribution in [3.8, 4) is 57.8 Å². The number of benzene rings is 4. The molecule has 4 aromatic heterocycles. The Hall–Kier alpha value is -5.14. The molecule has 0 amide bonds. The average molecular weight is 1760 g/mol. The first-order chi connectivity index (χ1) is 52.7. The van der Waals surface area contributed by atoms with Gasteiger partial charge in [0.25, 0.3) is 6.47 Å². The number of piperidine rings is 2. The number of likely N-dealkylation sites (N-methyl/N-ethyl adjacent to an activating group) is 2. The van der Waals surface area contributed by atoms with Gasteiger partial charge in [-0.3, -0.25) is 24.6 Å². The third-order valence-electron chi connectivity index (χ3n) is 19.5. The van der Waals surface area contributed by atoms with Crippen LogP contribution in [0.15, 0.2) is 107 Å². The second kappa shape index (κ2) is 44.4. The van der Waals surface area contributed by atoms with Crippen LogP contribution < -0.4 is 159 Å². The first-order valence-electron chi connectivity index (χ1n) is 36.8. The molecule has 4 fully saturated rings. The van der Waals surface area contributed by atoms with Gasteiger partial charge in [0.15, 0.2) is 0 Å². The number of nitrogens with one attached hydrogen (secondary N) is 4. The largest absolute Gasteiger partial charge is 1.00 e. The van der Waals surface area contributed by atoms with Crippen LogP contribution in [0.4, 0.5) is 57.7 Å². The zero-order chi connectivity index (χ0) is 79.5. The smallest absolute Gasteiger partial charge is 1.00 e. The number of terminal acetylenes is 1. The second-order valence-electron chi connectivity index (χ2n) is 29.0. The number of hydrogen-bond donors (Lipinski definition) is 5. The van der Waals surface area contributed by atoms with E-state index in [1.807, 2.05) is 36.4 Å². The summed E-state index contributed by atoms with van der Waals surface area (Å²) in [5.41, 5.74) is 15.2. The minimum atomic E-state index is -2.75. The SMILES string of the molecule is C#Cc1cncc(-c2ccc(Nc3nc(Nc4cc(CC)c(N5CCC(N6CCN(C)CC6)CC5)cc4OC)ncc3Br)c(P(C)(C)=O)c2)n1.CCc1cc(Nc2ncc(Br)c(Nc3ccc(-c4cncc(C#C[Si](C)(C)C)n4)cc3P(C)(C)=O)n2)c(OC)cc1N1CCC(N2CCN(C)CC2)CC1.CO.O=CO[O-].[H-].[K+].[K+]. The number of aliphatic hydroxyl groups excluding tert-OH is 1. The van der Waals surface area contributed by atoms with E-state index in [0.29, 0.717) is 89.3 Å². The number of nitrogens with zero attached hydrogens (tertiary/aromatic N) is 14. The van der Waals surface area contributed by atoms with Gasteiger partial charge < -0.3 is 76.1 Å². The molecule has 0 radical (unpaired) electrons. The van der Waals surface area contributed by atoms with E-state index in [4.69, 9.17) is 46.0 Å². The third kappa shape index (κ3) is 26.2. The van der Waals surface area contributed by atoms with Gasteiger partial charge in [-0.1, -0.05) is 51.5 Å². The molecule has 12 rings (SSSR count).